The first kappa shape index (κ1) is 8.40. The number of hydrogen-bond donors (Lipinski definition) is 3. The highest BCUT2D eigenvalue weighted by Crippen LogP contribution is 2.10. The second-order valence-electron chi connectivity index (χ2n) is 1.76. The molecule has 0 aliphatic rings. The average Bonchev–Trinajstić information content (AvgIpc) is 2.33. The minimum absolute atomic E-state index is 0.125. The molecule has 0 unspecified atom stereocenters. The lowest BCUT2D eigenvalue weighted by Gasteiger charge is -1.94. The zero-order valence-corrected chi connectivity index (χ0v) is 6.46. The van der Waals surface area contributed by atoms with Crippen molar-refractivity contribution < 1.29 is 14.7 Å². The van der Waals surface area contributed by atoms with E-state index in [1.807, 2.05) is 5.32 Å². The molecule has 1 rings (SSSR count). The number of anilines is 1. The summed E-state index contributed by atoms with van der Waals surface area (Å²) in [5, 5.41) is 10.5. The highest BCUT2D eigenvalue weighted by atomic mass is 32.1. The van der Waals surface area contributed by atoms with Gasteiger partial charge in [-0.15, -0.1) is 0 Å². The number of aromatic nitrogens is 2. The number of primary amides is 1. The molecule has 4 N–H and O–H groups in total. The van der Waals surface area contributed by atoms with Gasteiger partial charge in [-0.25, -0.2) is 9.59 Å². The smallest absolute Gasteiger partial charge is 0.359 e. The number of carboxylic acid groups (broad SMARTS) is 1. The first-order chi connectivity index (χ1) is 5.61. The van der Waals surface area contributed by atoms with E-state index < -0.39 is 12.0 Å². The number of carboxylic acids is 1. The fourth-order valence-corrected chi connectivity index (χ4v) is 1.03. The second kappa shape index (κ2) is 3.13. The second-order valence-corrected chi connectivity index (χ2v) is 2.28. The minimum atomic E-state index is -1.26. The Hall–Kier alpha value is -1.70. The van der Waals surface area contributed by atoms with Crippen LogP contribution in [-0.2, 0) is 0 Å². The Morgan fingerprint density at radius 2 is 2.17 bits per heavy atom. The monoisotopic (exact) mass is 188 g/mol. The predicted octanol–water partition coefficient (Wildman–Crippen LogP) is -0.273. The molecule has 7 nitrogen and oxygen atoms in total. The van der Waals surface area contributed by atoms with Gasteiger partial charge in [0.25, 0.3) is 0 Å². The van der Waals surface area contributed by atoms with Crippen molar-refractivity contribution >= 4 is 29.5 Å². The van der Waals surface area contributed by atoms with Crippen molar-refractivity contribution in [3.63, 3.8) is 0 Å². The van der Waals surface area contributed by atoms with Crippen LogP contribution in [0.5, 0.6) is 0 Å². The number of aromatic carboxylic acids is 1. The van der Waals surface area contributed by atoms with E-state index in [4.69, 9.17) is 10.8 Å². The van der Waals surface area contributed by atoms with Crippen molar-refractivity contribution in [1.82, 2.24) is 8.75 Å². The summed E-state index contributed by atoms with van der Waals surface area (Å²) in [6.45, 7) is 0. The van der Waals surface area contributed by atoms with Gasteiger partial charge in [-0.2, -0.15) is 8.75 Å². The number of hydrogen-bond acceptors (Lipinski definition) is 5. The number of nitrogens with two attached hydrogens (primary N) is 1. The van der Waals surface area contributed by atoms with E-state index in [1.54, 1.807) is 0 Å². The van der Waals surface area contributed by atoms with Gasteiger partial charge in [0.05, 0.1) is 11.7 Å². The van der Waals surface area contributed by atoms with E-state index in [9.17, 15) is 9.59 Å². The number of rotatable bonds is 2. The highest BCUT2D eigenvalue weighted by molar-refractivity contribution is 6.99. The van der Waals surface area contributed by atoms with Gasteiger partial charge in [-0.05, 0) is 0 Å². The van der Waals surface area contributed by atoms with Crippen LogP contribution in [-0.4, -0.2) is 25.9 Å². The Balaban J connectivity index is 2.91. The zero-order valence-electron chi connectivity index (χ0n) is 5.64. The molecule has 8 heteroatoms. The normalized spacial score (nSPS) is 9.33. The van der Waals surface area contributed by atoms with Crippen molar-refractivity contribution in [2.24, 2.45) is 5.73 Å². The molecule has 0 fully saturated rings. The Labute approximate surface area is 70.5 Å². The molecule has 0 saturated heterocycles. The van der Waals surface area contributed by atoms with Gasteiger partial charge in [-0.1, -0.05) is 0 Å². The van der Waals surface area contributed by atoms with Crippen LogP contribution in [0.3, 0.4) is 0 Å². The van der Waals surface area contributed by atoms with Gasteiger partial charge in [0.15, 0.2) is 5.82 Å². The maximum atomic E-state index is 10.4. The lowest BCUT2D eigenvalue weighted by atomic mass is 10.4. The van der Waals surface area contributed by atoms with Gasteiger partial charge in [0.2, 0.25) is 5.69 Å². The molecule has 0 bridgehead atoms. The molecule has 1 heterocycles. The van der Waals surface area contributed by atoms with Gasteiger partial charge in [0, 0.05) is 0 Å². The summed E-state index contributed by atoms with van der Waals surface area (Å²) in [6.07, 6.45) is 0. The van der Waals surface area contributed by atoms with Gasteiger partial charge < -0.3 is 10.8 Å². The third-order valence-electron chi connectivity index (χ3n) is 0.933. The quantitative estimate of drug-likeness (QED) is 0.590. The highest BCUT2D eigenvalue weighted by Gasteiger charge is 2.15. The fraction of sp³-hybridized carbons (Fsp3) is 0. The number of amides is 2. The molecule has 1 aromatic heterocycles. The summed E-state index contributed by atoms with van der Waals surface area (Å²) in [4.78, 5) is 20.7. The van der Waals surface area contributed by atoms with E-state index in [0.717, 1.165) is 0 Å². The van der Waals surface area contributed by atoms with Crippen LogP contribution in [0.15, 0.2) is 0 Å². The van der Waals surface area contributed by atoms with Crippen molar-refractivity contribution in [3.8, 4) is 0 Å². The van der Waals surface area contributed by atoms with Crippen molar-refractivity contribution in [2.75, 3.05) is 5.32 Å². The number of urea groups is 1. The molecule has 0 spiro atoms. The van der Waals surface area contributed by atoms with Crippen LogP contribution < -0.4 is 11.1 Å². The molecule has 0 aliphatic heterocycles. The molecule has 0 saturated carbocycles. The number of carbonyl (C=O) groups is 2. The van der Waals surface area contributed by atoms with Gasteiger partial charge in [0.1, 0.15) is 0 Å². The summed E-state index contributed by atoms with van der Waals surface area (Å²) in [5.41, 5.74) is 4.44. The molecule has 0 aromatic carbocycles. The number of nitrogens with zero attached hydrogens (tertiary/aromatic N) is 2. The first-order valence-electron chi connectivity index (χ1n) is 2.73. The molecule has 0 aliphatic carbocycles. The van der Waals surface area contributed by atoms with Gasteiger partial charge >= 0.3 is 12.0 Å². The topological polar surface area (TPSA) is 118 Å². The Morgan fingerprint density at radius 3 is 2.67 bits per heavy atom. The molecule has 12 heavy (non-hydrogen) atoms. The van der Waals surface area contributed by atoms with Crippen LogP contribution in [0, 0.1) is 0 Å². The van der Waals surface area contributed by atoms with Crippen molar-refractivity contribution in [2.45, 2.75) is 0 Å². The van der Waals surface area contributed by atoms with Crippen molar-refractivity contribution in [1.29, 1.82) is 0 Å². The van der Waals surface area contributed by atoms with E-state index >= 15 is 0 Å². The lowest BCUT2D eigenvalue weighted by molar-refractivity contribution is 0.0693. The summed E-state index contributed by atoms with van der Waals surface area (Å²) < 4.78 is 6.94. The van der Waals surface area contributed by atoms with E-state index in [1.165, 1.54) is 0 Å². The number of carbonyl (C=O) groups excluding carboxylic acids is 1. The predicted molar refractivity (Wildman–Crippen MR) is 40.1 cm³/mol. The third-order valence-corrected chi connectivity index (χ3v) is 1.46. The summed E-state index contributed by atoms with van der Waals surface area (Å²) in [6, 6.07) is -0.870. The van der Waals surface area contributed by atoms with Gasteiger partial charge in [-0.3, -0.25) is 5.32 Å². The van der Waals surface area contributed by atoms with E-state index in [-0.39, 0.29) is 11.5 Å². The van der Waals surface area contributed by atoms with Crippen molar-refractivity contribution in [3.05, 3.63) is 5.69 Å². The van der Waals surface area contributed by atoms with Crippen LogP contribution in [0.25, 0.3) is 0 Å². The molecule has 64 valence electrons. The molecule has 1 aromatic rings. The molecule has 0 radical (unpaired) electrons. The summed E-state index contributed by atoms with van der Waals surface area (Å²) in [7, 11) is 0. The van der Waals surface area contributed by atoms with E-state index in [0.29, 0.717) is 11.7 Å². The molecule has 0 atom stereocenters. The maximum Gasteiger partial charge on any atom is 0.359 e. The van der Waals surface area contributed by atoms with Crippen LogP contribution in [0.2, 0.25) is 0 Å². The van der Waals surface area contributed by atoms with Crippen LogP contribution in [0.4, 0.5) is 10.6 Å². The standard InChI is InChI=1S/C4H4N4O3S/c5-4(11)6-2-1(3(9)10)7-12-8-2/h(H,9,10)(H3,5,6,8,11). The lowest BCUT2D eigenvalue weighted by Crippen LogP contribution is -2.21. The third kappa shape index (κ3) is 1.66. The maximum absolute atomic E-state index is 10.4. The zero-order chi connectivity index (χ0) is 9.14. The molecular formula is C4H4N4O3S. The first-order valence-corrected chi connectivity index (χ1v) is 3.46. The largest absolute Gasteiger partial charge is 0.476 e. The Kier molecular flexibility index (Phi) is 2.19. The summed E-state index contributed by atoms with van der Waals surface area (Å²) in [5.74, 6) is -1.38. The Morgan fingerprint density at radius 1 is 1.50 bits per heavy atom. The SMILES string of the molecule is NC(=O)Nc1nsnc1C(=O)O. The minimum Gasteiger partial charge on any atom is -0.476 e. The van der Waals surface area contributed by atoms with E-state index in [2.05, 4.69) is 8.75 Å². The van der Waals surface area contributed by atoms with Crippen LogP contribution >= 0.6 is 11.7 Å². The number of nitrogens with one attached hydrogen (secondary N) is 1. The fourth-order valence-electron chi connectivity index (χ4n) is 0.528. The van der Waals surface area contributed by atoms with Crippen LogP contribution in [0.1, 0.15) is 10.5 Å². The Bertz CT molecular complexity index is 322. The average molecular weight is 188 g/mol. The summed E-state index contributed by atoms with van der Waals surface area (Å²) >= 11 is 0.685. The molecule has 2 amide bonds. The molecular weight excluding hydrogens is 184 g/mol.